The van der Waals surface area contributed by atoms with E-state index in [4.69, 9.17) is 0 Å². The maximum Gasteiger partial charge on any atom is 0.408 e. The molecule has 0 unspecified atom stereocenters. The molecule has 0 radical (unpaired) electrons. The van der Waals surface area contributed by atoms with E-state index in [1.165, 1.54) is 6.92 Å². The van der Waals surface area contributed by atoms with Gasteiger partial charge in [-0.2, -0.15) is 18.3 Å². The predicted molar refractivity (Wildman–Crippen MR) is 38.5 cm³/mol. The van der Waals surface area contributed by atoms with E-state index in [1.54, 1.807) is 0 Å². The standard InChI is InChI=1S/C6H6F3N3O/c1-4-5(11-13)2-10-12(4)3-6(7,8)9/h2H,3H2,1H3. The summed E-state index contributed by atoms with van der Waals surface area (Å²) in [5.74, 6) is 0. The number of rotatable bonds is 2. The van der Waals surface area contributed by atoms with Crippen molar-refractivity contribution in [3.63, 3.8) is 0 Å². The lowest BCUT2D eigenvalue weighted by molar-refractivity contribution is -0.142. The van der Waals surface area contributed by atoms with Crippen molar-refractivity contribution in [2.45, 2.75) is 19.6 Å². The third-order valence-electron chi connectivity index (χ3n) is 1.50. The van der Waals surface area contributed by atoms with E-state index >= 15 is 0 Å². The third-order valence-corrected chi connectivity index (χ3v) is 1.50. The zero-order valence-electron chi connectivity index (χ0n) is 6.67. The maximum atomic E-state index is 11.9. The molecule has 0 aliphatic carbocycles. The van der Waals surface area contributed by atoms with Crippen LogP contribution in [0.3, 0.4) is 0 Å². The summed E-state index contributed by atoms with van der Waals surface area (Å²) in [6.45, 7) is 0.157. The Kier molecular flexibility index (Phi) is 2.35. The molecule has 1 rings (SSSR count). The van der Waals surface area contributed by atoms with Crippen molar-refractivity contribution < 1.29 is 13.2 Å². The van der Waals surface area contributed by atoms with Crippen molar-refractivity contribution in [2.75, 3.05) is 0 Å². The molecule has 0 aliphatic rings. The molecule has 7 heteroatoms. The zero-order chi connectivity index (χ0) is 10.1. The molecule has 0 fully saturated rings. The summed E-state index contributed by atoms with van der Waals surface area (Å²) < 4.78 is 36.3. The normalized spacial score (nSPS) is 11.7. The quantitative estimate of drug-likeness (QED) is 0.675. The van der Waals surface area contributed by atoms with Gasteiger partial charge >= 0.3 is 6.18 Å². The SMILES string of the molecule is Cc1c(N=O)cnn1CC(F)(F)F. The van der Waals surface area contributed by atoms with Gasteiger partial charge < -0.3 is 0 Å². The molecule has 72 valence electrons. The Morgan fingerprint density at radius 3 is 2.62 bits per heavy atom. The molecule has 13 heavy (non-hydrogen) atoms. The Labute approximate surface area is 71.3 Å². The summed E-state index contributed by atoms with van der Waals surface area (Å²) in [4.78, 5) is 10.0. The van der Waals surface area contributed by atoms with E-state index in [0.29, 0.717) is 4.68 Å². The highest BCUT2D eigenvalue weighted by atomic mass is 19.4. The molecule has 0 aromatic carbocycles. The molecule has 1 heterocycles. The van der Waals surface area contributed by atoms with Crippen molar-refractivity contribution in [1.29, 1.82) is 0 Å². The highest BCUT2D eigenvalue weighted by Gasteiger charge is 2.29. The molecule has 0 spiro atoms. The van der Waals surface area contributed by atoms with Crippen LogP contribution in [-0.2, 0) is 6.54 Å². The molecule has 0 atom stereocenters. The first kappa shape index (κ1) is 9.69. The van der Waals surface area contributed by atoms with Crippen LogP contribution < -0.4 is 0 Å². The van der Waals surface area contributed by atoms with Gasteiger partial charge in [-0.05, 0) is 12.1 Å². The summed E-state index contributed by atoms with van der Waals surface area (Å²) in [6, 6.07) is 0. The van der Waals surface area contributed by atoms with Crippen LogP contribution in [0.1, 0.15) is 5.69 Å². The van der Waals surface area contributed by atoms with E-state index in [1.807, 2.05) is 0 Å². The Hall–Kier alpha value is -1.40. The number of halogens is 3. The fourth-order valence-corrected chi connectivity index (χ4v) is 0.855. The number of hydrogen-bond donors (Lipinski definition) is 0. The van der Waals surface area contributed by atoms with Crippen LogP contribution in [0.5, 0.6) is 0 Å². The van der Waals surface area contributed by atoms with Crippen molar-refractivity contribution in [3.05, 3.63) is 16.8 Å². The fraction of sp³-hybridized carbons (Fsp3) is 0.500. The molecule has 4 nitrogen and oxygen atoms in total. The van der Waals surface area contributed by atoms with Crippen molar-refractivity contribution in [3.8, 4) is 0 Å². The average molecular weight is 193 g/mol. The van der Waals surface area contributed by atoms with E-state index in [2.05, 4.69) is 10.3 Å². The van der Waals surface area contributed by atoms with E-state index < -0.39 is 12.7 Å². The highest BCUT2D eigenvalue weighted by Crippen LogP contribution is 2.22. The fourth-order valence-electron chi connectivity index (χ4n) is 0.855. The monoisotopic (exact) mass is 193 g/mol. The van der Waals surface area contributed by atoms with Crippen LogP contribution in [0.15, 0.2) is 11.4 Å². The summed E-state index contributed by atoms with van der Waals surface area (Å²) in [5, 5.41) is 5.89. The number of hydrogen-bond acceptors (Lipinski definition) is 3. The molecular weight excluding hydrogens is 187 g/mol. The summed E-state index contributed by atoms with van der Waals surface area (Å²) in [5.41, 5.74) is 0.0524. The number of nitrogens with zero attached hydrogens (tertiary/aromatic N) is 3. The van der Waals surface area contributed by atoms with Gasteiger partial charge in [-0.25, -0.2) is 0 Å². The highest BCUT2D eigenvalue weighted by molar-refractivity contribution is 5.38. The first-order valence-corrected chi connectivity index (χ1v) is 3.36. The molecule has 0 saturated carbocycles. The van der Waals surface area contributed by atoms with E-state index in [9.17, 15) is 18.1 Å². The van der Waals surface area contributed by atoms with E-state index in [-0.39, 0.29) is 11.4 Å². The smallest absolute Gasteiger partial charge is 0.258 e. The minimum Gasteiger partial charge on any atom is -0.258 e. The number of aromatic nitrogens is 2. The molecule has 0 bridgehead atoms. The maximum absolute atomic E-state index is 11.9. The summed E-state index contributed by atoms with van der Waals surface area (Å²) in [6.07, 6.45) is -3.33. The second kappa shape index (κ2) is 3.15. The van der Waals surface area contributed by atoms with Gasteiger partial charge in [-0.3, -0.25) is 4.68 Å². The van der Waals surface area contributed by atoms with Gasteiger partial charge in [0.2, 0.25) is 0 Å². The lowest BCUT2D eigenvalue weighted by Gasteiger charge is -2.07. The van der Waals surface area contributed by atoms with Crippen LogP contribution in [0.4, 0.5) is 18.9 Å². The lowest BCUT2D eigenvalue weighted by atomic mass is 10.4. The van der Waals surface area contributed by atoms with Gasteiger partial charge in [0, 0.05) is 0 Å². The largest absolute Gasteiger partial charge is 0.408 e. The summed E-state index contributed by atoms with van der Waals surface area (Å²) >= 11 is 0. The number of alkyl halides is 3. The van der Waals surface area contributed by atoms with Crippen LogP contribution >= 0.6 is 0 Å². The first-order chi connectivity index (χ1) is 5.94. The van der Waals surface area contributed by atoms with Gasteiger partial charge in [-0.15, -0.1) is 4.91 Å². The van der Waals surface area contributed by atoms with Gasteiger partial charge in [0.05, 0.1) is 11.9 Å². The van der Waals surface area contributed by atoms with Crippen molar-refractivity contribution in [2.24, 2.45) is 5.18 Å². The molecule has 0 amide bonds. The molecule has 0 N–H and O–H groups in total. The van der Waals surface area contributed by atoms with Gasteiger partial charge in [0.25, 0.3) is 0 Å². The summed E-state index contributed by atoms with van der Waals surface area (Å²) in [7, 11) is 0. The van der Waals surface area contributed by atoms with Crippen LogP contribution in [0, 0.1) is 11.8 Å². The van der Waals surface area contributed by atoms with Crippen LogP contribution in [0.25, 0.3) is 0 Å². The predicted octanol–water partition coefficient (Wildman–Crippen LogP) is 2.15. The first-order valence-electron chi connectivity index (χ1n) is 3.36. The molecule has 1 aromatic rings. The average Bonchev–Trinajstić information content (AvgIpc) is 2.30. The van der Waals surface area contributed by atoms with Gasteiger partial charge in [0.1, 0.15) is 12.2 Å². The van der Waals surface area contributed by atoms with Crippen LogP contribution in [-0.4, -0.2) is 16.0 Å². The third kappa shape index (κ3) is 2.27. The van der Waals surface area contributed by atoms with Crippen LogP contribution in [0.2, 0.25) is 0 Å². The topological polar surface area (TPSA) is 47.2 Å². The Morgan fingerprint density at radius 1 is 1.62 bits per heavy atom. The lowest BCUT2D eigenvalue weighted by Crippen LogP contribution is -2.19. The Balaban J connectivity index is 2.90. The molecular formula is C6H6F3N3O. The molecule has 0 aliphatic heterocycles. The molecule has 0 saturated heterocycles. The minimum absolute atomic E-state index is 0.0655. The Morgan fingerprint density at radius 2 is 2.23 bits per heavy atom. The van der Waals surface area contributed by atoms with Crippen molar-refractivity contribution >= 4 is 5.69 Å². The number of nitroso groups, excluding NO2 is 1. The zero-order valence-corrected chi connectivity index (χ0v) is 6.67. The van der Waals surface area contributed by atoms with Gasteiger partial charge in [-0.1, -0.05) is 0 Å². The minimum atomic E-state index is -4.34. The second-order valence-electron chi connectivity index (χ2n) is 2.48. The molecule has 1 aromatic heterocycles. The Bertz CT molecular complexity index is 317. The van der Waals surface area contributed by atoms with E-state index in [0.717, 1.165) is 6.20 Å². The second-order valence-corrected chi connectivity index (χ2v) is 2.48. The van der Waals surface area contributed by atoms with Gasteiger partial charge in [0.15, 0.2) is 0 Å². The van der Waals surface area contributed by atoms with Crippen molar-refractivity contribution in [1.82, 2.24) is 9.78 Å².